The Morgan fingerprint density at radius 1 is 1.04 bits per heavy atom. The van der Waals surface area contributed by atoms with E-state index in [-0.39, 0.29) is 5.91 Å². The van der Waals surface area contributed by atoms with Gasteiger partial charge in [0.2, 0.25) is 5.91 Å². The van der Waals surface area contributed by atoms with E-state index in [0.29, 0.717) is 24.5 Å². The quantitative estimate of drug-likeness (QED) is 0.747. The Hall–Kier alpha value is -2.59. The van der Waals surface area contributed by atoms with Crippen LogP contribution < -0.4 is 5.32 Å². The van der Waals surface area contributed by atoms with Gasteiger partial charge < -0.3 is 5.32 Å². The first kappa shape index (κ1) is 16.3. The molecule has 122 valence electrons. The average Bonchev–Trinajstić information content (AvgIpc) is 3.09. The van der Waals surface area contributed by atoms with Crippen LogP contribution in [0.5, 0.6) is 0 Å². The highest BCUT2D eigenvalue weighted by Crippen LogP contribution is 2.12. The van der Waals surface area contributed by atoms with Crippen LogP contribution in [0.2, 0.25) is 5.02 Å². The number of halogens is 1. The first-order chi connectivity index (χ1) is 11.7. The Kier molecular flexibility index (Phi) is 5.29. The van der Waals surface area contributed by atoms with Crippen molar-refractivity contribution in [3.8, 4) is 0 Å². The summed E-state index contributed by atoms with van der Waals surface area (Å²) in [6.45, 7) is 1.19. The minimum Gasteiger partial charge on any atom is -0.352 e. The van der Waals surface area contributed by atoms with E-state index in [2.05, 4.69) is 16.5 Å². The van der Waals surface area contributed by atoms with Crippen molar-refractivity contribution >= 4 is 17.5 Å². The molecular weight excluding hydrogens is 322 g/mol. The Morgan fingerprint density at radius 3 is 2.50 bits per heavy atom. The summed E-state index contributed by atoms with van der Waals surface area (Å²) in [7, 11) is 0. The van der Waals surface area contributed by atoms with Gasteiger partial charge in [0.25, 0.3) is 0 Å². The van der Waals surface area contributed by atoms with Gasteiger partial charge in [0.15, 0.2) is 0 Å². The summed E-state index contributed by atoms with van der Waals surface area (Å²) in [6, 6.07) is 17.3. The fraction of sp³-hybridized carbons (Fsp3) is 0.158. The largest absolute Gasteiger partial charge is 0.352 e. The van der Waals surface area contributed by atoms with Gasteiger partial charge in [-0.15, -0.1) is 0 Å². The highest BCUT2D eigenvalue weighted by molar-refractivity contribution is 6.30. The van der Waals surface area contributed by atoms with Crippen molar-refractivity contribution in [3.63, 3.8) is 0 Å². The van der Waals surface area contributed by atoms with Crippen LogP contribution in [-0.2, 0) is 24.3 Å². The van der Waals surface area contributed by atoms with E-state index in [1.54, 1.807) is 18.3 Å². The lowest BCUT2D eigenvalue weighted by atomic mass is 10.1. The highest BCUT2D eigenvalue weighted by atomic mass is 35.5. The molecule has 2 aromatic carbocycles. The monoisotopic (exact) mass is 339 g/mol. The van der Waals surface area contributed by atoms with Gasteiger partial charge in [-0.05, 0) is 34.9 Å². The SMILES string of the molecule is O=C(Cc1ccc(Cl)cc1)NCc1ccccc1Cn1cccn1. The summed E-state index contributed by atoms with van der Waals surface area (Å²) in [4.78, 5) is 12.1. The van der Waals surface area contributed by atoms with Crippen LogP contribution in [0.3, 0.4) is 0 Å². The lowest BCUT2D eigenvalue weighted by Crippen LogP contribution is -2.25. The molecule has 0 unspecified atom stereocenters. The predicted molar refractivity (Wildman–Crippen MR) is 94.8 cm³/mol. The molecule has 0 bridgehead atoms. The van der Waals surface area contributed by atoms with E-state index >= 15 is 0 Å². The molecule has 4 nitrogen and oxygen atoms in total. The molecule has 0 aliphatic carbocycles. The van der Waals surface area contributed by atoms with Crippen LogP contribution in [0, 0.1) is 0 Å². The van der Waals surface area contributed by atoms with Crippen molar-refractivity contribution in [3.05, 3.63) is 88.7 Å². The molecule has 1 aromatic heterocycles. The second kappa shape index (κ2) is 7.79. The minimum atomic E-state index is -0.00813. The van der Waals surface area contributed by atoms with E-state index in [0.717, 1.165) is 16.7 Å². The van der Waals surface area contributed by atoms with Crippen LogP contribution in [0.25, 0.3) is 0 Å². The summed E-state index contributed by atoms with van der Waals surface area (Å²) >= 11 is 5.86. The molecule has 0 saturated heterocycles. The van der Waals surface area contributed by atoms with Gasteiger partial charge in [-0.25, -0.2) is 0 Å². The second-order valence-corrected chi connectivity index (χ2v) is 5.99. The maximum absolute atomic E-state index is 12.1. The van der Waals surface area contributed by atoms with Crippen molar-refractivity contribution in [2.75, 3.05) is 0 Å². The molecule has 1 amide bonds. The van der Waals surface area contributed by atoms with Crippen LogP contribution in [-0.4, -0.2) is 15.7 Å². The Labute approximate surface area is 146 Å². The summed E-state index contributed by atoms with van der Waals surface area (Å²) in [6.07, 6.45) is 4.03. The number of hydrogen-bond acceptors (Lipinski definition) is 2. The normalized spacial score (nSPS) is 10.5. The molecule has 1 heterocycles. The lowest BCUT2D eigenvalue weighted by molar-refractivity contribution is -0.120. The van der Waals surface area contributed by atoms with Gasteiger partial charge in [0.05, 0.1) is 13.0 Å². The van der Waals surface area contributed by atoms with Crippen LogP contribution in [0.4, 0.5) is 0 Å². The number of amides is 1. The molecule has 24 heavy (non-hydrogen) atoms. The van der Waals surface area contributed by atoms with E-state index < -0.39 is 0 Å². The second-order valence-electron chi connectivity index (χ2n) is 5.55. The van der Waals surface area contributed by atoms with E-state index in [1.165, 1.54) is 0 Å². The fourth-order valence-corrected chi connectivity index (χ4v) is 2.62. The summed E-state index contributed by atoms with van der Waals surface area (Å²) < 4.78 is 1.87. The van der Waals surface area contributed by atoms with Crippen LogP contribution in [0.15, 0.2) is 67.0 Å². The highest BCUT2D eigenvalue weighted by Gasteiger charge is 2.07. The first-order valence-electron chi connectivity index (χ1n) is 7.76. The molecule has 0 spiro atoms. The molecular formula is C19H18ClN3O. The zero-order valence-corrected chi connectivity index (χ0v) is 13.9. The van der Waals surface area contributed by atoms with Gasteiger partial charge in [0.1, 0.15) is 0 Å². The number of aromatic nitrogens is 2. The number of carbonyl (C=O) groups excluding carboxylic acids is 1. The summed E-state index contributed by atoms with van der Waals surface area (Å²) in [5, 5.41) is 7.88. The molecule has 0 fully saturated rings. The van der Waals surface area contributed by atoms with Gasteiger partial charge in [-0.2, -0.15) is 5.10 Å². The maximum atomic E-state index is 12.1. The number of rotatable bonds is 6. The Bertz CT molecular complexity index is 798. The van der Waals surface area contributed by atoms with E-state index in [4.69, 9.17) is 11.6 Å². The molecule has 0 aliphatic heterocycles. The van der Waals surface area contributed by atoms with Crippen molar-refractivity contribution in [2.24, 2.45) is 0 Å². The number of carbonyl (C=O) groups is 1. The van der Waals surface area contributed by atoms with E-state index in [9.17, 15) is 4.79 Å². The topological polar surface area (TPSA) is 46.9 Å². The third kappa shape index (κ3) is 4.46. The van der Waals surface area contributed by atoms with Gasteiger partial charge in [-0.1, -0.05) is 48.0 Å². The minimum absolute atomic E-state index is 0.00813. The number of nitrogens with one attached hydrogen (secondary N) is 1. The van der Waals surface area contributed by atoms with Crippen molar-refractivity contribution in [1.29, 1.82) is 0 Å². The molecule has 0 radical (unpaired) electrons. The fourth-order valence-electron chi connectivity index (χ4n) is 2.50. The van der Waals surface area contributed by atoms with Gasteiger partial charge in [0, 0.05) is 24.0 Å². The smallest absolute Gasteiger partial charge is 0.224 e. The molecule has 3 rings (SSSR count). The molecule has 0 aliphatic rings. The average molecular weight is 340 g/mol. The number of benzene rings is 2. The van der Waals surface area contributed by atoms with Gasteiger partial charge in [-0.3, -0.25) is 9.48 Å². The molecule has 0 saturated carbocycles. The van der Waals surface area contributed by atoms with Crippen LogP contribution >= 0.6 is 11.6 Å². The maximum Gasteiger partial charge on any atom is 0.224 e. The standard InChI is InChI=1S/C19H18ClN3O/c20-18-8-6-15(7-9-18)12-19(24)21-13-16-4-1-2-5-17(16)14-23-11-3-10-22-23/h1-11H,12-14H2,(H,21,24). The molecule has 5 heteroatoms. The Balaban J connectivity index is 1.60. The summed E-state index contributed by atoms with van der Waals surface area (Å²) in [5.74, 6) is -0.00813. The van der Waals surface area contributed by atoms with Crippen molar-refractivity contribution < 1.29 is 4.79 Å². The first-order valence-corrected chi connectivity index (χ1v) is 8.14. The number of hydrogen-bond donors (Lipinski definition) is 1. The Morgan fingerprint density at radius 2 is 1.79 bits per heavy atom. The zero-order valence-electron chi connectivity index (χ0n) is 13.2. The van der Waals surface area contributed by atoms with Crippen molar-refractivity contribution in [2.45, 2.75) is 19.5 Å². The third-order valence-electron chi connectivity index (χ3n) is 3.76. The summed E-state index contributed by atoms with van der Waals surface area (Å²) in [5.41, 5.74) is 3.19. The lowest BCUT2D eigenvalue weighted by Gasteiger charge is -2.11. The zero-order chi connectivity index (χ0) is 16.8. The van der Waals surface area contributed by atoms with Gasteiger partial charge >= 0.3 is 0 Å². The molecule has 1 N–H and O–H groups in total. The van der Waals surface area contributed by atoms with Crippen molar-refractivity contribution in [1.82, 2.24) is 15.1 Å². The number of nitrogens with zero attached hydrogens (tertiary/aromatic N) is 2. The molecule has 3 aromatic rings. The van der Waals surface area contributed by atoms with E-state index in [1.807, 2.05) is 47.3 Å². The molecule has 0 atom stereocenters. The van der Waals surface area contributed by atoms with Crippen LogP contribution in [0.1, 0.15) is 16.7 Å². The third-order valence-corrected chi connectivity index (χ3v) is 4.02. The predicted octanol–water partition coefficient (Wildman–Crippen LogP) is 3.44.